The number of ether oxygens (including phenoxy) is 7. The second-order valence-corrected chi connectivity index (χ2v) is 11.0. The number of hydrogen-bond donors (Lipinski definition) is 10. The Labute approximate surface area is 235 Å². The summed E-state index contributed by atoms with van der Waals surface area (Å²) in [5, 5.41) is 103. The number of hydrogen-bond acceptors (Lipinski definition) is 17. The van der Waals surface area contributed by atoms with E-state index in [1.54, 1.807) is 0 Å². The molecule has 0 radical (unpaired) electrons. The lowest BCUT2D eigenvalue weighted by Crippen LogP contribution is -2.65. The molecule has 41 heavy (non-hydrogen) atoms. The third kappa shape index (κ3) is 6.71. The second kappa shape index (κ2) is 13.5. The Balaban J connectivity index is 1.51. The molecule has 17 heteroatoms. The summed E-state index contributed by atoms with van der Waals surface area (Å²) in [5.41, 5.74) is 0. The summed E-state index contributed by atoms with van der Waals surface area (Å²) in [4.78, 5) is 0. The summed E-state index contributed by atoms with van der Waals surface area (Å²) in [5.74, 6) is 0. The van der Waals surface area contributed by atoms with E-state index in [9.17, 15) is 51.1 Å². The van der Waals surface area contributed by atoms with Crippen LogP contribution in [0.15, 0.2) is 0 Å². The van der Waals surface area contributed by atoms with E-state index in [1.165, 1.54) is 20.8 Å². The lowest BCUT2D eigenvalue weighted by Gasteiger charge is -2.48. The highest BCUT2D eigenvalue weighted by Crippen LogP contribution is 2.33. The zero-order valence-electron chi connectivity index (χ0n) is 22.7. The summed E-state index contributed by atoms with van der Waals surface area (Å²) in [6.07, 6.45) is -26.8. The molecular formula is C24H42O17. The molecule has 4 heterocycles. The Morgan fingerprint density at radius 2 is 0.902 bits per heavy atom. The zero-order valence-corrected chi connectivity index (χ0v) is 22.7. The Morgan fingerprint density at radius 1 is 0.463 bits per heavy atom. The van der Waals surface area contributed by atoms with Gasteiger partial charge in [0.15, 0.2) is 18.9 Å². The Hall–Kier alpha value is -0.680. The summed E-state index contributed by atoms with van der Waals surface area (Å²) >= 11 is 0. The van der Waals surface area contributed by atoms with Gasteiger partial charge in [-0.15, -0.1) is 0 Å². The summed E-state index contributed by atoms with van der Waals surface area (Å²) in [6.45, 7) is 3.36. The highest BCUT2D eigenvalue weighted by atomic mass is 16.8. The number of aliphatic hydroxyl groups is 10. The molecule has 0 aromatic rings. The van der Waals surface area contributed by atoms with Crippen LogP contribution in [0.3, 0.4) is 0 Å². The molecule has 4 saturated heterocycles. The van der Waals surface area contributed by atoms with Gasteiger partial charge in [0.05, 0.1) is 31.5 Å². The van der Waals surface area contributed by atoms with Crippen LogP contribution in [0.1, 0.15) is 20.8 Å². The summed E-state index contributed by atoms with van der Waals surface area (Å²) < 4.78 is 39.5. The molecular weight excluding hydrogens is 560 g/mol. The SMILES string of the molecule is C[C@@H]1O[C@@H](O[C@H]2[C@H](O[C@H]3[C@H](OC[C@H]4O[C@H](CO)[C@@H](O)[C@@H]4O)O[C@@H](C)[C@H](O)[C@H]3O)O[C@@H](C)[C@H](O)[C@H]2O)[C@H](O)[C@H](O)[C@H]1O. The fraction of sp³-hybridized carbons (Fsp3) is 1.00. The topological polar surface area (TPSA) is 267 Å². The molecule has 0 amide bonds. The van der Waals surface area contributed by atoms with Gasteiger partial charge in [-0.25, -0.2) is 0 Å². The van der Waals surface area contributed by atoms with Crippen molar-refractivity contribution in [2.24, 2.45) is 0 Å². The van der Waals surface area contributed by atoms with Crippen LogP contribution in [0.5, 0.6) is 0 Å². The minimum absolute atomic E-state index is 0.391. The molecule has 0 aromatic carbocycles. The van der Waals surface area contributed by atoms with E-state index < -0.39 is 130 Å². The van der Waals surface area contributed by atoms with Crippen molar-refractivity contribution in [2.75, 3.05) is 13.2 Å². The van der Waals surface area contributed by atoms with E-state index in [2.05, 4.69) is 0 Å². The van der Waals surface area contributed by atoms with Gasteiger partial charge in [0, 0.05) is 0 Å². The fourth-order valence-corrected chi connectivity index (χ4v) is 5.28. The fourth-order valence-electron chi connectivity index (χ4n) is 5.28. The van der Waals surface area contributed by atoms with Crippen molar-refractivity contribution < 1.29 is 84.2 Å². The highest BCUT2D eigenvalue weighted by molar-refractivity contribution is 4.95. The van der Waals surface area contributed by atoms with Gasteiger partial charge in [0.1, 0.15) is 79.4 Å². The molecule has 17 nitrogen and oxygen atoms in total. The lowest BCUT2D eigenvalue weighted by molar-refractivity contribution is -0.389. The zero-order chi connectivity index (χ0) is 30.3. The minimum atomic E-state index is -1.76. The third-order valence-electron chi connectivity index (χ3n) is 8.03. The molecule has 10 N–H and O–H groups in total. The molecule has 0 aromatic heterocycles. The van der Waals surface area contributed by atoms with E-state index in [0.717, 1.165) is 0 Å². The molecule has 0 bridgehead atoms. The van der Waals surface area contributed by atoms with Gasteiger partial charge in [-0.1, -0.05) is 0 Å². The van der Waals surface area contributed by atoms with Gasteiger partial charge in [0.25, 0.3) is 0 Å². The van der Waals surface area contributed by atoms with E-state index >= 15 is 0 Å². The minimum Gasteiger partial charge on any atom is -0.394 e. The first-order chi connectivity index (χ1) is 19.3. The first-order valence-corrected chi connectivity index (χ1v) is 13.5. The van der Waals surface area contributed by atoms with Gasteiger partial charge in [0.2, 0.25) is 0 Å². The van der Waals surface area contributed by atoms with Crippen molar-refractivity contribution in [3.05, 3.63) is 0 Å². The predicted octanol–water partition coefficient (Wildman–Crippen LogP) is -5.98. The molecule has 0 aliphatic carbocycles. The maximum Gasteiger partial charge on any atom is 0.187 e. The molecule has 4 aliphatic heterocycles. The first-order valence-electron chi connectivity index (χ1n) is 13.5. The lowest BCUT2D eigenvalue weighted by atomic mass is 9.97. The van der Waals surface area contributed by atoms with E-state index in [4.69, 9.17) is 33.2 Å². The van der Waals surface area contributed by atoms with Crippen molar-refractivity contribution in [3.63, 3.8) is 0 Å². The largest absolute Gasteiger partial charge is 0.394 e. The maximum atomic E-state index is 10.9. The van der Waals surface area contributed by atoms with Crippen molar-refractivity contribution in [2.45, 2.75) is 137 Å². The second-order valence-electron chi connectivity index (χ2n) is 11.0. The number of aliphatic hydroxyl groups excluding tert-OH is 10. The van der Waals surface area contributed by atoms with E-state index in [0.29, 0.717) is 0 Å². The van der Waals surface area contributed by atoms with Crippen molar-refractivity contribution >= 4 is 0 Å². The van der Waals surface area contributed by atoms with Crippen molar-refractivity contribution in [3.8, 4) is 0 Å². The summed E-state index contributed by atoms with van der Waals surface area (Å²) in [7, 11) is 0. The van der Waals surface area contributed by atoms with Crippen LogP contribution in [-0.4, -0.2) is 181 Å². The molecule has 240 valence electrons. The normalized spacial score (nSPS) is 54.8. The molecule has 19 atom stereocenters. The quantitative estimate of drug-likeness (QED) is 0.124. The Morgan fingerprint density at radius 3 is 1.44 bits per heavy atom. The van der Waals surface area contributed by atoms with Crippen LogP contribution in [-0.2, 0) is 33.2 Å². The van der Waals surface area contributed by atoms with Crippen LogP contribution in [0.25, 0.3) is 0 Å². The maximum absolute atomic E-state index is 10.9. The van der Waals surface area contributed by atoms with Crippen LogP contribution in [0, 0.1) is 0 Å². The number of rotatable bonds is 8. The van der Waals surface area contributed by atoms with Crippen LogP contribution >= 0.6 is 0 Å². The van der Waals surface area contributed by atoms with Crippen LogP contribution in [0.4, 0.5) is 0 Å². The average molecular weight is 603 g/mol. The molecule has 4 fully saturated rings. The molecule has 0 saturated carbocycles. The standard InChI is InChI=1S/C24H42O17/c1-6-11(26)16(31)19(34)22(36-6)40-21-18(33)13(28)8(3)38-24(21)41-20-17(32)12(27)7(2)37-23(20)35-5-10-15(30)14(29)9(4-25)39-10/h6-34H,4-5H2,1-3H3/t6-,7-,8-,9+,10+,11-,12-,13-,14+,15+,16+,17+,18+,19+,20+,21+,22-,23+,24-/m0/s1. The summed E-state index contributed by atoms with van der Waals surface area (Å²) in [6, 6.07) is 0. The Kier molecular flexibility index (Phi) is 11.0. The van der Waals surface area contributed by atoms with Crippen LogP contribution < -0.4 is 0 Å². The molecule has 4 rings (SSSR count). The molecule has 4 aliphatic rings. The van der Waals surface area contributed by atoms with Gasteiger partial charge in [-0.05, 0) is 20.8 Å². The smallest absolute Gasteiger partial charge is 0.187 e. The predicted molar refractivity (Wildman–Crippen MR) is 129 cm³/mol. The third-order valence-corrected chi connectivity index (χ3v) is 8.03. The highest BCUT2D eigenvalue weighted by Gasteiger charge is 2.53. The Bertz CT molecular complexity index is 838. The molecule has 0 spiro atoms. The monoisotopic (exact) mass is 602 g/mol. The van der Waals surface area contributed by atoms with E-state index in [1.807, 2.05) is 0 Å². The van der Waals surface area contributed by atoms with Crippen molar-refractivity contribution in [1.82, 2.24) is 0 Å². The van der Waals surface area contributed by atoms with Gasteiger partial charge < -0.3 is 84.2 Å². The van der Waals surface area contributed by atoms with E-state index in [-0.39, 0.29) is 0 Å². The first kappa shape index (κ1) is 33.2. The average Bonchev–Trinajstić information content (AvgIpc) is 3.22. The van der Waals surface area contributed by atoms with Gasteiger partial charge >= 0.3 is 0 Å². The van der Waals surface area contributed by atoms with Gasteiger partial charge in [-0.3, -0.25) is 0 Å². The van der Waals surface area contributed by atoms with Gasteiger partial charge in [-0.2, -0.15) is 0 Å². The van der Waals surface area contributed by atoms with Crippen molar-refractivity contribution in [1.29, 1.82) is 0 Å². The van der Waals surface area contributed by atoms with Crippen LogP contribution in [0.2, 0.25) is 0 Å². The molecule has 0 unspecified atom stereocenters.